The SMILES string of the molecule is N#Cc1ccc(NCCC(F)(F)F)cc1[N+](=O)[O-]. The van der Waals surface area contributed by atoms with Crippen LogP contribution in [0.5, 0.6) is 0 Å². The maximum Gasteiger partial charge on any atom is 0.390 e. The molecule has 0 bridgehead atoms. The van der Waals surface area contributed by atoms with Crippen molar-refractivity contribution in [1.29, 1.82) is 5.26 Å². The van der Waals surface area contributed by atoms with Crippen molar-refractivity contribution in [2.24, 2.45) is 0 Å². The first kappa shape index (κ1) is 13.8. The molecule has 0 aliphatic heterocycles. The maximum absolute atomic E-state index is 11.9. The van der Waals surface area contributed by atoms with E-state index in [1.54, 1.807) is 6.07 Å². The van der Waals surface area contributed by atoms with Gasteiger partial charge in [-0.25, -0.2) is 0 Å². The molecule has 0 aliphatic rings. The Balaban J connectivity index is 2.77. The zero-order valence-corrected chi connectivity index (χ0v) is 8.99. The van der Waals surface area contributed by atoms with Gasteiger partial charge in [0.05, 0.1) is 11.3 Å². The molecule has 0 amide bonds. The fourth-order valence-corrected chi connectivity index (χ4v) is 1.24. The Morgan fingerprint density at radius 1 is 1.44 bits per heavy atom. The summed E-state index contributed by atoms with van der Waals surface area (Å²) in [4.78, 5) is 9.86. The lowest BCUT2D eigenvalue weighted by molar-refractivity contribution is -0.385. The number of benzene rings is 1. The monoisotopic (exact) mass is 259 g/mol. The number of nitro groups is 1. The number of rotatable bonds is 4. The second-order valence-corrected chi connectivity index (χ2v) is 3.39. The van der Waals surface area contributed by atoms with Crippen LogP contribution in [-0.2, 0) is 0 Å². The lowest BCUT2D eigenvalue weighted by Crippen LogP contribution is -2.14. The van der Waals surface area contributed by atoms with Crippen LogP contribution in [0.15, 0.2) is 18.2 Å². The molecule has 0 radical (unpaired) electrons. The van der Waals surface area contributed by atoms with Gasteiger partial charge in [-0.1, -0.05) is 0 Å². The average molecular weight is 259 g/mol. The summed E-state index contributed by atoms with van der Waals surface area (Å²) in [6.07, 6.45) is -5.33. The molecule has 1 rings (SSSR count). The van der Waals surface area contributed by atoms with Crippen molar-refractivity contribution in [1.82, 2.24) is 0 Å². The summed E-state index contributed by atoms with van der Waals surface area (Å²) in [5, 5.41) is 21.6. The summed E-state index contributed by atoms with van der Waals surface area (Å²) in [6, 6.07) is 5.18. The van der Waals surface area contributed by atoms with Crippen molar-refractivity contribution < 1.29 is 18.1 Å². The number of hydrogen-bond donors (Lipinski definition) is 1. The predicted octanol–water partition coefficient (Wildman–Crippen LogP) is 2.83. The van der Waals surface area contributed by atoms with Crippen LogP contribution < -0.4 is 5.32 Å². The van der Waals surface area contributed by atoms with Crippen LogP contribution in [-0.4, -0.2) is 17.6 Å². The highest BCUT2D eigenvalue weighted by Gasteiger charge is 2.26. The van der Waals surface area contributed by atoms with Crippen LogP contribution in [0.2, 0.25) is 0 Å². The molecule has 0 aromatic heterocycles. The molecule has 0 fully saturated rings. The average Bonchev–Trinajstić information content (AvgIpc) is 2.27. The molecule has 0 saturated heterocycles. The Bertz CT molecular complexity index is 494. The lowest BCUT2D eigenvalue weighted by Gasteiger charge is -2.08. The van der Waals surface area contributed by atoms with Crippen molar-refractivity contribution in [3.8, 4) is 6.07 Å². The first-order valence-electron chi connectivity index (χ1n) is 4.82. The highest BCUT2D eigenvalue weighted by atomic mass is 19.4. The third-order valence-electron chi connectivity index (χ3n) is 2.05. The van der Waals surface area contributed by atoms with Crippen LogP contribution in [0.4, 0.5) is 24.5 Å². The molecular weight excluding hydrogens is 251 g/mol. The summed E-state index contributed by atoms with van der Waals surface area (Å²) >= 11 is 0. The number of halogens is 3. The van der Waals surface area contributed by atoms with Crippen molar-refractivity contribution >= 4 is 11.4 Å². The van der Waals surface area contributed by atoms with E-state index in [4.69, 9.17) is 5.26 Å². The molecule has 0 aliphatic carbocycles. The highest BCUT2D eigenvalue weighted by molar-refractivity contribution is 5.59. The highest BCUT2D eigenvalue weighted by Crippen LogP contribution is 2.23. The minimum absolute atomic E-state index is 0.138. The van der Waals surface area contributed by atoms with E-state index in [9.17, 15) is 23.3 Å². The molecular formula is C10H8F3N3O2. The molecule has 0 saturated carbocycles. The smallest absolute Gasteiger partial charge is 0.385 e. The Morgan fingerprint density at radius 2 is 2.11 bits per heavy atom. The number of nitrogens with zero attached hydrogens (tertiary/aromatic N) is 2. The van der Waals surface area contributed by atoms with Crippen molar-refractivity contribution in [2.45, 2.75) is 12.6 Å². The third kappa shape index (κ3) is 3.93. The zero-order valence-electron chi connectivity index (χ0n) is 8.99. The van der Waals surface area contributed by atoms with Gasteiger partial charge in [0.25, 0.3) is 5.69 Å². The molecule has 0 atom stereocenters. The van der Waals surface area contributed by atoms with E-state index < -0.39 is 23.2 Å². The lowest BCUT2D eigenvalue weighted by atomic mass is 10.2. The minimum Gasteiger partial charge on any atom is -0.385 e. The van der Waals surface area contributed by atoms with Gasteiger partial charge < -0.3 is 5.32 Å². The summed E-state index contributed by atoms with van der Waals surface area (Å²) in [7, 11) is 0. The number of hydrogen-bond acceptors (Lipinski definition) is 4. The third-order valence-corrected chi connectivity index (χ3v) is 2.05. The molecule has 0 unspecified atom stereocenters. The van der Waals surface area contributed by atoms with Gasteiger partial charge >= 0.3 is 6.18 Å². The predicted molar refractivity (Wildman–Crippen MR) is 57.0 cm³/mol. The molecule has 0 heterocycles. The van der Waals surface area contributed by atoms with Gasteiger partial charge in [-0.3, -0.25) is 10.1 Å². The van der Waals surface area contributed by atoms with Crippen LogP contribution >= 0.6 is 0 Å². The van der Waals surface area contributed by atoms with Gasteiger partial charge in [-0.05, 0) is 12.1 Å². The summed E-state index contributed by atoms with van der Waals surface area (Å²) < 4.78 is 35.7. The number of alkyl halides is 3. The molecule has 0 spiro atoms. The first-order valence-corrected chi connectivity index (χ1v) is 4.82. The Morgan fingerprint density at radius 3 is 2.61 bits per heavy atom. The van der Waals surface area contributed by atoms with Gasteiger partial charge in [-0.2, -0.15) is 18.4 Å². The quantitative estimate of drug-likeness (QED) is 0.666. The van der Waals surface area contributed by atoms with Gasteiger partial charge in [-0.15, -0.1) is 0 Å². The Labute approximate surface area is 100.0 Å². The summed E-state index contributed by atoms with van der Waals surface area (Å²) in [6.45, 7) is -0.382. The van der Waals surface area contributed by atoms with E-state index in [-0.39, 0.29) is 17.8 Å². The van der Waals surface area contributed by atoms with E-state index in [1.165, 1.54) is 12.1 Å². The molecule has 1 aromatic rings. The standard InChI is InChI=1S/C10H8F3N3O2/c11-10(12,13)3-4-15-8-2-1-7(6-14)9(5-8)16(17)18/h1-2,5,15H,3-4H2. The van der Waals surface area contributed by atoms with Crippen LogP contribution in [0, 0.1) is 21.4 Å². The van der Waals surface area contributed by atoms with Crippen LogP contribution in [0.3, 0.4) is 0 Å². The molecule has 18 heavy (non-hydrogen) atoms. The van der Waals surface area contributed by atoms with Crippen LogP contribution in [0.1, 0.15) is 12.0 Å². The molecule has 5 nitrogen and oxygen atoms in total. The fraction of sp³-hybridized carbons (Fsp3) is 0.300. The van der Waals surface area contributed by atoms with Crippen molar-refractivity contribution in [2.75, 3.05) is 11.9 Å². The number of nitro benzene ring substituents is 1. The summed E-state index contributed by atoms with van der Waals surface area (Å²) in [5.41, 5.74) is -0.402. The zero-order chi connectivity index (χ0) is 13.8. The second kappa shape index (κ2) is 5.35. The molecule has 1 N–H and O–H groups in total. The first-order chi connectivity index (χ1) is 8.33. The molecule has 96 valence electrons. The van der Waals surface area contributed by atoms with E-state index in [0.717, 1.165) is 6.07 Å². The van der Waals surface area contributed by atoms with E-state index in [1.807, 2.05) is 0 Å². The van der Waals surface area contributed by atoms with E-state index in [0.29, 0.717) is 0 Å². The number of nitriles is 1. The maximum atomic E-state index is 11.9. The van der Waals surface area contributed by atoms with E-state index in [2.05, 4.69) is 5.32 Å². The molecule has 8 heteroatoms. The van der Waals surface area contributed by atoms with Gasteiger partial charge in [0, 0.05) is 18.3 Å². The van der Waals surface area contributed by atoms with Gasteiger partial charge in [0.2, 0.25) is 0 Å². The van der Waals surface area contributed by atoms with Gasteiger partial charge in [0.1, 0.15) is 11.6 Å². The Hall–Kier alpha value is -2.30. The second-order valence-electron chi connectivity index (χ2n) is 3.39. The largest absolute Gasteiger partial charge is 0.390 e. The number of anilines is 1. The topological polar surface area (TPSA) is 79.0 Å². The minimum atomic E-state index is -4.29. The van der Waals surface area contributed by atoms with Crippen molar-refractivity contribution in [3.05, 3.63) is 33.9 Å². The summed E-state index contributed by atoms with van der Waals surface area (Å²) in [5.74, 6) is 0. The van der Waals surface area contributed by atoms with Crippen LogP contribution in [0.25, 0.3) is 0 Å². The van der Waals surface area contributed by atoms with E-state index >= 15 is 0 Å². The normalized spacial score (nSPS) is 10.8. The number of nitrogens with one attached hydrogen (secondary N) is 1. The Kier molecular flexibility index (Phi) is 4.09. The fourth-order valence-electron chi connectivity index (χ4n) is 1.24. The van der Waals surface area contributed by atoms with Gasteiger partial charge in [0.15, 0.2) is 0 Å². The molecule has 1 aromatic carbocycles. The van der Waals surface area contributed by atoms with Crippen molar-refractivity contribution in [3.63, 3.8) is 0 Å².